The molecule has 0 radical (unpaired) electrons. The van der Waals surface area contributed by atoms with Crippen molar-refractivity contribution >= 4 is 0 Å². The lowest BCUT2D eigenvalue weighted by Crippen LogP contribution is -1.98. The van der Waals surface area contributed by atoms with E-state index < -0.39 is 11.6 Å². The Labute approximate surface area is 98.3 Å². The van der Waals surface area contributed by atoms with Crippen molar-refractivity contribution in [2.75, 3.05) is 0 Å². The Hall–Kier alpha value is -1.90. The third-order valence-corrected chi connectivity index (χ3v) is 2.70. The smallest absolute Gasteiger partial charge is 0.129 e. The molecule has 0 amide bonds. The zero-order valence-electron chi connectivity index (χ0n) is 9.16. The summed E-state index contributed by atoms with van der Waals surface area (Å²) in [4.78, 5) is 0. The molecule has 0 unspecified atom stereocenters. The van der Waals surface area contributed by atoms with Gasteiger partial charge in [-0.25, -0.2) is 8.78 Å². The van der Waals surface area contributed by atoms with Gasteiger partial charge in [0, 0.05) is 5.56 Å². The van der Waals surface area contributed by atoms with Crippen molar-refractivity contribution in [2.45, 2.75) is 12.8 Å². The van der Waals surface area contributed by atoms with Crippen molar-refractivity contribution in [3.63, 3.8) is 0 Å². The monoisotopic (exact) mass is 234 g/mol. The maximum absolute atomic E-state index is 13.4. The number of hydrogen-bond donors (Lipinski definition) is 1. The number of para-hydroxylation sites is 1. The predicted octanol–water partition coefficient (Wildman–Crippen LogP) is 3.46. The summed E-state index contributed by atoms with van der Waals surface area (Å²) in [6.45, 7) is 0. The number of phenolic OH excluding ortho intramolecular Hbond substituents is 1. The normalized spacial score (nSPS) is 10.5. The first-order chi connectivity index (χ1) is 8.18. The molecule has 0 saturated heterocycles. The molecule has 2 aromatic carbocycles. The van der Waals surface area contributed by atoms with Crippen LogP contribution in [0.15, 0.2) is 42.5 Å². The minimum Gasteiger partial charge on any atom is -0.508 e. The van der Waals surface area contributed by atoms with E-state index in [-0.39, 0.29) is 17.7 Å². The van der Waals surface area contributed by atoms with Crippen LogP contribution in [0, 0.1) is 11.6 Å². The Bertz CT molecular complexity index is 503. The van der Waals surface area contributed by atoms with Gasteiger partial charge in [0.2, 0.25) is 0 Å². The van der Waals surface area contributed by atoms with Gasteiger partial charge in [0.15, 0.2) is 0 Å². The van der Waals surface area contributed by atoms with Crippen molar-refractivity contribution < 1.29 is 13.9 Å². The summed E-state index contributed by atoms with van der Waals surface area (Å²) in [6, 6.07) is 10.6. The second kappa shape index (κ2) is 4.95. The number of benzene rings is 2. The molecule has 1 nitrogen and oxygen atoms in total. The lowest BCUT2D eigenvalue weighted by molar-refractivity contribution is 0.467. The highest BCUT2D eigenvalue weighted by Gasteiger charge is 2.09. The molecule has 0 saturated carbocycles. The van der Waals surface area contributed by atoms with Gasteiger partial charge in [-0.15, -0.1) is 0 Å². The van der Waals surface area contributed by atoms with Crippen molar-refractivity contribution in [1.82, 2.24) is 0 Å². The van der Waals surface area contributed by atoms with E-state index in [0.717, 1.165) is 0 Å². The molecular formula is C14H12F2O. The highest BCUT2D eigenvalue weighted by molar-refractivity contribution is 5.33. The molecule has 0 fully saturated rings. The van der Waals surface area contributed by atoms with Crippen LogP contribution >= 0.6 is 0 Å². The Morgan fingerprint density at radius 1 is 0.824 bits per heavy atom. The van der Waals surface area contributed by atoms with Gasteiger partial charge in [-0.3, -0.25) is 0 Å². The minimum atomic E-state index is -0.541. The first kappa shape index (κ1) is 11.6. The fourth-order valence-corrected chi connectivity index (χ4v) is 1.75. The summed E-state index contributed by atoms with van der Waals surface area (Å²) in [7, 11) is 0. The van der Waals surface area contributed by atoms with Crippen LogP contribution in [0.4, 0.5) is 8.78 Å². The average molecular weight is 234 g/mol. The van der Waals surface area contributed by atoms with Crippen molar-refractivity contribution in [3.05, 3.63) is 65.2 Å². The van der Waals surface area contributed by atoms with Crippen LogP contribution in [0.25, 0.3) is 0 Å². The van der Waals surface area contributed by atoms with Gasteiger partial charge < -0.3 is 5.11 Å². The van der Waals surface area contributed by atoms with E-state index >= 15 is 0 Å². The molecule has 0 aromatic heterocycles. The lowest BCUT2D eigenvalue weighted by atomic mass is 10.0. The summed E-state index contributed by atoms with van der Waals surface area (Å²) in [6.07, 6.45) is 0.639. The van der Waals surface area contributed by atoms with Crippen LogP contribution in [-0.2, 0) is 12.8 Å². The number of rotatable bonds is 3. The van der Waals surface area contributed by atoms with Crippen LogP contribution in [0.3, 0.4) is 0 Å². The topological polar surface area (TPSA) is 20.2 Å². The van der Waals surface area contributed by atoms with E-state index in [1.54, 1.807) is 24.3 Å². The summed E-state index contributed by atoms with van der Waals surface area (Å²) in [5, 5.41) is 9.54. The lowest BCUT2D eigenvalue weighted by Gasteiger charge is -2.06. The van der Waals surface area contributed by atoms with Crippen LogP contribution in [-0.4, -0.2) is 5.11 Å². The molecule has 2 rings (SSSR count). The maximum atomic E-state index is 13.4. The minimum absolute atomic E-state index is 0.0655. The molecule has 88 valence electrons. The third kappa shape index (κ3) is 2.61. The number of phenols is 1. The molecule has 0 aliphatic carbocycles. The zero-order valence-corrected chi connectivity index (χ0v) is 9.16. The first-order valence-corrected chi connectivity index (χ1v) is 5.38. The van der Waals surface area contributed by atoms with Gasteiger partial charge in [0.25, 0.3) is 0 Å². The maximum Gasteiger partial charge on any atom is 0.129 e. The number of halogens is 2. The summed E-state index contributed by atoms with van der Waals surface area (Å²) >= 11 is 0. The quantitative estimate of drug-likeness (QED) is 0.862. The van der Waals surface area contributed by atoms with Gasteiger partial charge in [-0.05, 0) is 36.6 Å². The SMILES string of the molecule is Oc1ccccc1CCc1c(F)cccc1F. The molecule has 0 heterocycles. The summed E-state index contributed by atoms with van der Waals surface area (Å²) in [5.74, 6) is -0.926. The van der Waals surface area contributed by atoms with E-state index in [4.69, 9.17) is 0 Å². The van der Waals surface area contributed by atoms with Crippen LogP contribution in [0.1, 0.15) is 11.1 Å². The number of aromatic hydroxyl groups is 1. The van der Waals surface area contributed by atoms with E-state index in [9.17, 15) is 13.9 Å². The Morgan fingerprint density at radius 2 is 1.47 bits per heavy atom. The largest absolute Gasteiger partial charge is 0.508 e. The van der Waals surface area contributed by atoms with E-state index in [0.29, 0.717) is 12.0 Å². The molecular weight excluding hydrogens is 222 g/mol. The second-order valence-corrected chi connectivity index (χ2v) is 3.83. The van der Waals surface area contributed by atoms with E-state index in [1.165, 1.54) is 18.2 Å². The summed E-state index contributed by atoms with van der Waals surface area (Å²) < 4.78 is 26.7. The van der Waals surface area contributed by atoms with Gasteiger partial charge in [0.05, 0.1) is 0 Å². The molecule has 0 aliphatic rings. The predicted molar refractivity (Wildman–Crippen MR) is 61.9 cm³/mol. The standard InChI is InChI=1S/C14H12F2O/c15-12-5-3-6-13(16)11(12)9-8-10-4-1-2-7-14(10)17/h1-7,17H,8-9H2. The fraction of sp³-hybridized carbons (Fsp3) is 0.143. The average Bonchev–Trinajstić information content (AvgIpc) is 2.30. The number of hydrogen-bond acceptors (Lipinski definition) is 1. The van der Waals surface area contributed by atoms with E-state index in [1.807, 2.05) is 0 Å². The third-order valence-electron chi connectivity index (χ3n) is 2.70. The molecule has 0 bridgehead atoms. The Kier molecular flexibility index (Phi) is 3.38. The molecule has 0 spiro atoms. The number of aryl methyl sites for hydroxylation is 1. The Morgan fingerprint density at radius 3 is 2.12 bits per heavy atom. The van der Waals surface area contributed by atoms with Crippen molar-refractivity contribution in [2.24, 2.45) is 0 Å². The molecule has 17 heavy (non-hydrogen) atoms. The zero-order chi connectivity index (χ0) is 12.3. The summed E-state index contributed by atoms with van der Waals surface area (Å²) in [5.41, 5.74) is 0.755. The molecule has 3 heteroatoms. The fourth-order valence-electron chi connectivity index (χ4n) is 1.75. The van der Waals surface area contributed by atoms with Crippen LogP contribution < -0.4 is 0 Å². The van der Waals surface area contributed by atoms with Crippen LogP contribution in [0.2, 0.25) is 0 Å². The van der Waals surface area contributed by atoms with Crippen molar-refractivity contribution in [3.8, 4) is 5.75 Å². The highest BCUT2D eigenvalue weighted by atomic mass is 19.1. The van der Waals surface area contributed by atoms with Gasteiger partial charge in [-0.2, -0.15) is 0 Å². The van der Waals surface area contributed by atoms with Crippen molar-refractivity contribution in [1.29, 1.82) is 0 Å². The molecule has 1 N–H and O–H groups in total. The van der Waals surface area contributed by atoms with E-state index in [2.05, 4.69) is 0 Å². The Balaban J connectivity index is 2.16. The molecule has 2 aromatic rings. The van der Waals surface area contributed by atoms with Gasteiger partial charge in [-0.1, -0.05) is 24.3 Å². The first-order valence-electron chi connectivity index (χ1n) is 5.38. The second-order valence-electron chi connectivity index (χ2n) is 3.83. The molecule has 0 atom stereocenters. The van der Waals surface area contributed by atoms with Gasteiger partial charge in [0.1, 0.15) is 17.4 Å². The molecule has 0 aliphatic heterocycles. The van der Waals surface area contributed by atoms with Gasteiger partial charge >= 0.3 is 0 Å². The highest BCUT2D eigenvalue weighted by Crippen LogP contribution is 2.20. The van der Waals surface area contributed by atoms with Crippen LogP contribution in [0.5, 0.6) is 5.75 Å².